The number of nitrogens with zero attached hydrogens (tertiary/aromatic N) is 4. The Morgan fingerprint density at radius 3 is 2.60 bits per heavy atom. The molecule has 0 fully saturated rings. The van der Waals surface area contributed by atoms with Crippen LogP contribution in [0.2, 0.25) is 5.15 Å². The fourth-order valence-corrected chi connectivity index (χ4v) is 2.68. The van der Waals surface area contributed by atoms with Crippen molar-refractivity contribution in [2.45, 2.75) is 20.8 Å². The molecular formula is C14H12BrClN4. The van der Waals surface area contributed by atoms with Crippen LogP contribution in [0.15, 0.2) is 22.7 Å². The van der Waals surface area contributed by atoms with Gasteiger partial charge in [0.1, 0.15) is 0 Å². The van der Waals surface area contributed by atoms with E-state index in [1.165, 1.54) is 0 Å². The largest absolute Gasteiger partial charge is 0.191 e. The lowest BCUT2D eigenvalue weighted by Gasteiger charge is -2.07. The summed E-state index contributed by atoms with van der Waals surface area (Å²) in [5.41, 5.74) is 4.76. The minimum Gasteiger partial charge on any atom is -0.191 e. The number of rotatable bonds is 1. The molecule has 0 aliphatic rings. The molecule has 0 aliphatic heterocycles. The summed E-state index contributed by atoms with van der Waals surface area (Å²) in [6.07, 6.45) is 0. The predicted molar refractivity (Wildman–Crippen MR) is 83.1 cm³/mol. The summed E-state index contributed by atoms with van der Waals surface area (Å²) >= 11 is 9.67. The lowest BCUT2D eigenvalue weighted by atomic mass is 10.1. The van der Waals surface area contributed by atoms with Gasteiger partial charge in [-0.15, -0.1) is 10.2 Å². The molecular weight excluding hydrogens is 340 g/mol. The van der Waals surface area contributed by atoms with Crippen molar-refractivity contribution in [3.8, 4) is 11.4 Å². The smallest absolute Gasteiger partial charge is 0.185 e. The monoisotopic (exact) mass is 350 g/mol. The highest BCUT2D eigenvalue weighted by Crippen LogP contribution is 2.27. The van der Waals surface area contributed by atoms with Gasteiger partial charge in [-0.2, -0.15) is 9.61 Å². The molecule has 0 radical (unpaired) electrons. The molecule has 0 unspecified atom stereocenters. The maximum absolute atomic E-state index is 6.18. The van der Waals surface area contributed by atoms with Gasteiger partial charge in [-0.1, -0.05) is 33.6 Å². The van der Waals surface area contributed by atoms with E-state index in [-0.39, 0.29) is 0 Å². The predicted octanol–water partition coefficient (Wildman–Crippen LogP) is 4.13. The summed E-state index contributed by atoms with van der Waals surface area (Å²) < 4.78 is 2.70. The van der Waals surface area contributed by atoms with E-state index in [4.69, 9.17) is 11.6 Å². The van der Waals surface area contributed by atoms with E-state index in [0.717, 1.165) is 32.4 Å². The Morgan fingerprint density at radius 2 is 1.85 bits per heavy atom. The van der Waals surface area contributed by atoms with Crippen LogP contribution in [-0.4, -0.2) is 19.8 Å². The number of benzene rings is 1. The van der Waals surface area contributed by atoms with Crippen LogP contribution < -0.4 is 0 Å². The summed E-state index contributed by atoms with van der Waals surface area (Å²) in [4.78, 5) is 0. The average Bonchev–Trinajstić information content (AvgIpc) is 2.82. The third-order valence-corrected chi connectivity index (χ3v) is 4.33. The van der Waals surface area contributed by atoms with Crippen LogP contribution in [0, 0.1) is 20.8 Å². The van der Waals surface area contributed by atoms with Gasteiger partial charge in [-0.25, -0.2) is 0 Å². The maximum Gasteiger partial charge on any atom is 0.185 e. The van der Waals surface area contributed by atoms with Gasteiger partial charge >= 0.3 is 0 Å². The molecule has 6 heteroatoms. The van der Waals surface area contributed by atoms with Gasteiger partial charge in [0.25, 0.3) is 0 Å². The SMILES string of the molecule is Cc1ccc(Br)cc1-c1nnc2c(C)c(C)c(Cl)nn12. The van der Waals surface area contributed by atoms with E-state index in [1.54, 1.807) is 4.52 Å². The van der Waals surface area contributed by atoms with Gasteiger partial charge in [-0.3, -0.25) is 0 Å². The Balaban J connectivity index is 2.36. The fraction of sp³-hybridized carbons (Fsp3) is 0.214. The van der Waals surface area contributed by atoms with Gasteiger partial charge in [0.2, 0.25) is 0 Å². The molecule has 0 atom stereocenters. The van der Waals surface area contributed by atoms with Crippen molar-refractivity contribution in [3.63, 3.8) is 0 Å². The lowest BCUT2D eigenvalue weighted by Crippen LogP contribution is -2.01. The minimum absolute atomic E-state index is 0.476. The molecule has 0 bridgehead atoms. The first-order valence-electron chi connectivity index (χ1n) is 6.13. The number of aromatic nitrogens is 4. The molecule has 0 saturated heterocycles. The quantitative estimate of drug-likeness (QED) is 0.662. The highest BCUT2D eigenvalue weighted by Gasteiger charge is 2.16. The second kappa shape index (κ2) is 4.82. The molecule has 20 heavy (non-hydrogen) atoms. The van der Waals surface area contributed by atoms with Gasteiger partial charge in [0.05, 0.1) is 0 Å². The first kappa shape index (κ1) is 13.5. The summed E-state index contributed by atoms with van der Waals surface area (Å²) in [7, 11) is 0. The molecule has 3 rings (SSSR count). The molecule has 0 saturated carbocycles. The first-order chi connectivity index (χ1) is 9.49. The average molecular weight is 352 g/mol. The Labute approximate surface area is 129 Å². The highest BCUT2D eigenvalue weighted by molar-refractivity contribution is 9.10. The van der Waals surface area contributed by atoms with Crippen molar-refractivity contribution in [3.05, 3.63) is 44.5 Å². The Morgan fingerprint density at radius 1 is 1.10 bits per heavy atom. The molecule has 2 heterocycles. The van der Waals surface area contributed by atoms with Crippen molar-refractivity contribution in [1.82, 2.24) is 19.8 Å². The van der Waals surface area contributed by atoms with E-state index in [9.17, 15) is 0 Å². The minimum atomic E-state index is 0.476. The molecule has 1 aromatic carbocycles. The topological polar surface area (TPSA) is 43.1 Å². The van der Waals surface area contributed by atoms with E-state index >= 15 is 0 Å². The summed E-state index contributed by atoms with van der Waals surface area (Å²) in [6, 6.07) is 6.04. The first-order valence-corrected chi connectivity index (χ1v) is 7.30. The van der Waals surface area contributed by atoms with E-state index in [0.29, 0.717) is 11.0 Å². The standard InChI is InChI=1S/C14H12BrClN4/c1-7-4-5-10(15)6-11(7)14-18-17-13-9(3)8(2)12(16)19-20(13)14/h4-6H,1-3H3. The van der Waals surface area contributed by atoms with Crippen LogP contribution >= 0.6 is 27.5 Å². The zero-order valence-corrected chi connectivity index (χ0v) is 13.6. The zero-order valence-electron chi connectivity index (χ0n) is 11.3. The second-order valence-corrected chi connectivity index (χ2v) is 6.03. The van der Waals surface area contributed by atoms with Crippen LogP contribution in [0.1, 0.15) is 16.7 Å². The molecule has 0 aliphatic carbocycles. The number of halogens is 2. The molecule has 0 N–H and O–H groups in total. The Kier molecular flexibility index (Phi) is 3.26. The van der Waals surface area contributed by atoms with Crippen LogP contribution in [-0.2, 0) is 0 Å². The van der Waals surface area contributed by atoms with E-state index in [2.05, 4.69) is 31.2 Å². The molecule has 2 aromatic heterocycles. The maximum atomic E-state index is 6.18. The Bertz CT molecular complexity index is 826. The van der Waals surface area contributed by atoms with Crippen molar-refractivity contribution < 1.29 is 0 Å². The molecule has 0 spiro atoms. The summed E-state index contributed by atoms with van der Waals surface area (Å²) in [6.45, 7) is 5.94. The number of aryl methyl sites for hydroxylation is 2. The van der Waals surface area contributed by atoms with E-state index in [1.807, 2.05) is 39.0 Å². The summed E-state index contributed by atoms with van der Waals surface area (Å²) in [5, 5.41) is 13.4. The van der Waals surface area contributed by atoms with Gasteiger partial charge in [0.15, 0.2) is 16.6 Å². The van der Waals surface area contributed by atoms with Crippen LogP contribution in [0.4, 0.5) is 0 Å². The molecule has 3 aromatic rings. The normalized spacial score (nSPS) is 11.2. The zero-order chi connectivity index (χ0) is 14.4. The molecule has 102 valence electrons. The second-order valence-electron chi connectivity index (χ2n) is 4.76. The van der Waals surface area contributed by atoms with Crippen LogP contribution in [0.5, 0.6) is 0 Å². The molecule has 0 amide bonds. The van der Waals surface area contributed by atoms with Gasteiger partial charge < -0.3 is 0 Å². The number of hydrogen-bond donors (Lipinski definition) is 0. The van der Waals surface area contributed by atoms with Crippen LogP contribution in [0.3, 0.4) is 0 Å². The fourth-order valence-electron chi connectivity index (χ4n) is 2.10. The highest BCUT2D eigenvalue weighted by atomic mass is 79.9. The van der Waals surface area contributed by atoms with Crippen molar-refractivity contribution >= 4 is 33.2 Å². The number of fused-ring (bicyclic) bond motifs is 1. The molecule has 4 nitrogen and oxygen atoms in total. The van der Waals surface area contributed by atoms with Crippen molar-refractivity contribution in [2.24, 2.45) is 0 Å². The Hall–Kier alpha value is -1.46. The van der Waals surface area contributed by atoms with Crippen LogP contribution in [0.25, 0.3) is 17.0 Å². The van der Waals surface area contributed by atoms with Crippen molar-refractivity contribution in [2.75, 3.05) is 0 Å². The third-order valence-electron chi connectivity index (χ3n) is 3.48. The summed E-state index contributed by atoms with van der Waals surface area (Å²) in [5.74, 6) is 0.698. The lowest BCUT2D eigenvalue weighted by molar-refractivity contribution is 0.918. The number of hydrogen-bond acceptors (Lipinski definition) is 3. The van der Waals surface area contributed by atoms with Gasteiger partial charge in [0, 0.05) is 15.6 Å². The third kappa shape index (κ3) is 2.01. The van der Waals surface area contributed by atoms with Gasteiger partial charge in [-0.05, 0) is 44.0 Å². The van der Waals surface area contributed by atoms with E-state index < -0.39 is 0 Å². The van der Waals surface area contributed by atoms with Crippen molar-refractivity contribution in [1.29, 1.82) is 0 Å².